The van der Waals surface area contributed by atoms with Gasteiger partial charge in [-0.1, -0.05) is 23.2 Å². The molecule has 0 radical (unpaired) electrons. The molecule has 0 amide bonds. The lowest BCUT2D eigenvalue weighted by molar-refractivity contribution is -0.514. The van der Waals surface area contributed by atoms with Gasteiger partial charge in [0.15, 0.2) is 0 Å². The molecule has 1 aliphatic rings. The molecule has 1 heterocycles. The summed E-state index contributed by atoms with van der Waals surface area (Å²) in [6, 6.07) is 0.871. The van der Waals surface area contributed by atoms with Gasteiger partial charge in [-0.2, -0.15) is 31.4 Å². The lowest BCUT2D eigenvalue weighted by Crippen LogP contribution is -2.52. The number of alkyl halides is 6. The zero-order chi connectivity index (χ0) is 20.1. The van der Waals surface area contributed by atoms with Crippen LogP contribution in [0.15, 0.2) is 17.2 Å². The van der Waals surface area contributed by atoms with E-state index in [1.54, 1.807) is 0 Å². The highest BCUT2D eigenvalue weighted by molar-refractivity contribution is 7.87. The first-order valence-corrected chi connectivity index (χ1v) is 8.13. The van der Waals surface area contributed by atoms with E-state index in [2.05, 4.69) is 5.10 Å². The number of hydrogen-bond donors (Lipinski definition) is 0. The standard InChI is InChI=1S/C11H5Cl2F6N3O3S/c12-6-1-5(10(14,15)16)2-7(13)8(6)21-4-9(3-20-21,22(23)24)26(25)11(17,18)19/h1-3H,4H2. The van der Waals surface area contributed by atoms with Crippen LogP contribution in [0.3, 0.4) is 0 Å². The number of nitrogens with zero attached hydrogens (tertiary/aromatic N) is 3. The molecule has 2 unspecified atom stereocenters. The molecule has 0 aromatic heterocycles. The topological polar surface area (TPSA) is 75.8 Å². The van der Waals surface area contributed by atoms with Crippen LogP contribution in [0.2, 0.25) is 10.0 Å². The summed E-state index contributed by atoms with van der Waals surface area (Å²) < 4.78 is 87.8. The SMILES string of the molecule is O=[N+]([O-])C1(S(=O)C(F)(F)F)C=NN(c2c(Cl)cc(C(F)(F)F)cc2Cl)C1. The molecule has 0 spiro atoms. The molecule has 0 saturated carbocycles. The van der Waals surface area contributed by atoms with E-state index in [9.17, 15) is 40.7 Å². The van der Waals surface area contributed by atoms with Crippen LogP contribution in [0.1, 0.15) is 5.56 Å². The quantitative estimate of drug-likeness (QED) is 0.401. The van der Waals surface area contributed by atoms with Gasteiger partial charge in [-0.05, 0) is 12.1 Å². The zero-order valence-electron chi connectivity index (χ0n) is 11.9. The molecule has 0 fully saturated rings. The molecule has 0 saturated heterocycles. The average molecular weight is 444 g/mol. The Morgan fingerprint density at radius 2 is 1.69 bits per heavy atom. The van der Waals surface area contributed by atoms with Crippen molar-refractivity contribution in [2.45, 2.75) is 16.6 Å². The fraction of sp³-hybridized carbons (Fsp3) is 0.364. The van der Waals surface area contributed by atoms with Crippen molar-refractivity contribution in [2.75, 3.05) is 11.6 Å². The predicted octanol–water partition coefficient (Wildman–Crippen LogP) is 4.06. The Hall–Kier alpha value is -1.60. The third kappa shape index (κ3) is 3.60. The number of halogens is 8. The Bertz CT molecular complexity index is 792. The van der Waals surface area contributed by atoms with Crippen LogP contribution in [0.25, 0.3) is 0 Å². The number of anilines is 1. The number of hydrazone groups is 1. The molecular weight excluding hydrogens is 439 g/mol. The summed E-state index contributed by atoms with van der Waals surface area (Å²) in [6.45, 7) is -1.20. The molecule has 2 atom stereocenters. The van der Waals surface area contributed by atoms with Crippen molar-refractivity contribution in [2.24, 2.45) is 5.10 Å². The van der Waals surface area contributed by atoms with Gasteiger partial charge in [-0.3, -0.25) is 15.1 Å². The predicted molar refractivity (Wildman–Crippen MR) is 81.2 cm³/mol. The highest BCUT2D eigenvalue weighted by Crippen LogP contribution is 2.43. The van der Waals surface area contributed by atoms with Crippen molar-refractivity contribution in [3.05, 3.63) is 37.9 Å². The van der Waals surface area contributed by atoms with Crippen LogP contribution >= 0.6 is 23.2 Å². The van der Waals surface area contributed by atoms with Gasteiger partial charge in [0, 0.05) is 4.92 Å². The Kier molecular flexibility index (Phi) is 5.20. The van der Waals surface area contributed by atoms with E-state index < -0.39 is 60.1 Å². The fourth-order valence-corrected chi connectivity index (χ4v) is 3.65. The monoisotopic (exact) mass is 443 g/mol. The Balaban J connectivity index is 2.47. The van der Waals surface area contributed by atoms with Crippen LogP contribution in [0.4, 0.5) is 32.0 Å². The van der Waals surface area contributed by atoms with Gasteiger partial charge < -0.3 is 0 Å². The second-order valence-electron chi connectivity index (χ2n) is 4.90. The molecule has 2 rings (SSSR count). The van der Waals surface area contributed by atoms with Crippen molar-refractivity contribution >= 4 is 45.9 Å². The first-order valence-electron chi connectivity index (χ1n) is 6.22. The highest BCUT2D eigenvalue weighted by atomic mass is 35.5. The van der Waals surface area contributed by atoms with E-state index in [0.29, 0.717) is 17.1 Å². The van der Waals surface area contributed by atoms with Crippen LogP contribution in [-0.2, 0) is 17.0 Å². The lowest BCUT2D eigenvalue weighted by atomic mass is 10.2. The van der Waals surface area contributed by atoms with Crippen LogP contribution < -0.4 is 5.01 Å². The van der Waals surface area contributed by atoms with Gasteiger partial charge >= 0.3 is 16.6 Å². The third-order valence-corrected chi connectivity index (χ3v) is 5.24. The smallest absolute Gasteiger partial charge is 0.262 e. The molecule has 0 bridgehead atoms. The molecule has 144 valence electrons. The minimum Gasteiger partial charge on any atom is -0.262 e. The number of rotatable bonds is 3. The Morgan fingerprint density at radius 1 is 1.19 bits per heavy atom. The summed E-state index contributed by atoms with van der Waals surface area (Å²) in [4.78, 5) is 6.53. The first kappa shape index (κ1) is 20.7. The van der Waals surface area contributed by atoms with Gasteiger partial charge in [0.25, 0.3) is 0 Å². The third-order valence-electron chi connectivity index (χ3n) is 3.22. The largest absolute Gasteiger partial charge is 0.478 e. The zero-order valence-corrected chi connectivity index (χ0v) is 14.3. The van der Waals surface area contributed by atoms with Crippen molar-refractivity contribution in [1.29, 1.82) is 0 Å². The summed E-state index contributed by atoms with van der Waals surface area (Å²) in [5.74, 6) is 0. The molecule has 1 aromatic carbocycles. The van der Waals surface area contributed by atoms with Gasteiger partial charge in [-0.25, -0.2) is 4.21 Å². The molecule has 1 aromatic rings. The Labute approximate surface area is 153 Å². The summed E-state index contributed by atoms with van der Waals surface area (Å²) in [5, 5.41) is 13.7. The van der Waals surface area contributed by atoms with Crippen molar-refractivity contribution in [1.82, 2.24) is 0 Å². The number of benzene rings is 1. The first-order chi connectivity index (χ1) is 11.7. The summed E-state index contributed by atoms with van der Waals surface area (Å²) in [5.41, 5.74) is -7.15. The van der Waals surface area contributed by atoms with Gasteiger partial charge in [0.05, 0.1) is 21.3 Å². The fourth-order valence-electron chi connectivity index (χ4n) is 2.05. The Morgan fingerprint density at radius 3 is 2.08 bits per heavy atom. The molecule has 1 aliphatic heterocycles. The van der Waals surface area contributed by atoms with Crippen molar-refractivity contribution in [3.8, 4) is 0 Å². The van der Waals surface area contributed by atoms with E-state index in [0.717, 1.165) is 0 Å². The highest BCUT2D eigenvalue weighted by Gasteiger charge is 2.63. The van der Waals surface area contributed by atoms with Gasteiger partial charge in [0.2, 0.25) is 10.8 Å². The van der Waals surface area contributed by atoms with E-state index in [1.165, 1.54) is 0 Å². The van der Waals surface area contributed by atoms with Gasteiger partial charge in [-0.15, -0.1) is 0 Å². The van der Waals surface area contributed by atoms with Gasteiger partial charge in [0.1, 0.15) is 12.8 Å². The maximum atomic E-state index is 12.7. The van der Waals surface area contributed by atoms with E-state index >= 15 is 0 Å². The van der Waals surface area contributed by atoms with E-state index in [4.69, 9.17) is 23.2 Å². The molecule has 15 heteroatoms. The summed E-state index contributed by atoms with van der Waals surface area (Å²) in [7, 11) is -3.98. The van der Waals surface area contributed by atoms with E-state index in [1.807, 2.05) is 0 Å². The molecule has 0 aliphatic carbocycles. The second-order valence-corrected chi connectivity index (χ2v) is 7.43. The van der Waals surface area contributed by atoms with Crippen LogP contribution in [0, 0.1) is 10.1 Å². The van der Waals surface area contributed by atoms with Crippen molar-refractivity contribution in [3.63, 3.8) is 0 Å². The minimum absolute atomic E-state index is 0.195. The average Bonchev–Trinajstić information content (AvgIpc) is 2.89. The summed E-state index contributed by atoms with van der Waals surface area (Å²) >= 11 is 11.4. The number of nitro groups is 1. The van der Waals surface area contributed by atoms with Crippen molar-refractivity contribution < 1.29 is 35.5 Å². The maximum Gasteiger partial charge on any atom is 0.478 e. The molecular formula is C11H5Cl2F6N3O3S. The second kappa shape index (κ2) is 6.53. The summed E-state index contributed by atoms with van der Waals surface area (Å²) in [6.07, 6.45) is -4.61. The minimum atomic E-state index is -5.43. The molecule has 26 heavy (non-hydrogen) atoms. The van der Waals surface area contributed by atoms with Crippen LogP contribution in [-0.4, -0.2) is 32.3 Å². The maximum absolute atomic E-state index is 12.7. The lowest BCUT2D eigenvalue weighted by Gasteiger charge is -2.22. The molecule has 0 N–H and O–H groups in total. The van der Waals surface area contributed by atoms with E-state index in [-0.39, 0.29) is 6.21 Å². The van der Waals surface area contributed by atoms with Crippen LogP contribution in [0.5, 0.6) is 0 Å². The normalized spacial score (nSPS) is 21.9. The molecule has 6 nitrogen and oxygen atoms in total. The number of hydrogen-bond acceptors (Lipinski definition) is 5.